The number of fused-ring (bicyclic) bond motifs is 1. The Bertz CT molecular complexity index is 1310. The molecule has 0 saturated carbocycles. The number of aryl methyl sites for hydroxylation is 1. The van der Waals surface area contributed by atoms with Crippen LogP contribution in [0.25, 0.3) is 22.7 Å². The van der Waals surface area contributed by atoms with Gasteiger partial charge in [0, 0.05) is 30.0 Å². The molecule has 0 saturated heterocycles. The highest BCUT2D eigenvalue weighted by molar-refractivity contribution is 5.92. The fraction of sp³-hybridized carbons (Fsp3) is 0.0909. The second-order valence-electron chi connectivity index (χ2n) is 6.67. The Balaban J connectivity index is 1.72. The number of carbonyl (C=O) groups is 1. The van der Waals surface area contributed by atoms with E-state index < -0.39 is 5.97 Å². The van der Waals surface area contributed by atoms with Crippen LogP contribution in [0.15, 0.2) is 72.6 Å². The van der Waals surface area contributed by atoms with E-state index in [9.17, 15) is 9.59 Å². The summed E-state index contributed by atoms with van der Waals surface area (Å²) in [7, 11) is 0. The third-order valence-corrected chi connectivity index (χ3v) is 4.70. The maximum Gasteiger partial charge on any atom is 0.332 e. The number of carboxylic acid groups (broad SMARTS) is 1. The summed E-state index contributed by atoms with van der Waals surface area (Å²) in [5.41, 5.74) is 2.90. The van der Waals surface area contributed by atoms with E-state index in [0.29, 0.717) is 11.5 Å². The van der Waals surface area contributed by atoms with E-state index in [1.54, 1.807) is 24.5 Å². The van der Waals surface area contributed by atoms with Crippen molar-refractivity contribution in [2.75, 3.05) is 5.32 Å². The minimum atomic E-state index is -0.950. The standard InChI is InChI=1S/C22H19N5O3/c1-2-15-4-3-5-16(12-15)25-21-18-13-17(6-7-19(18)23-14-24-21)27-11-10-26(22(27)30)9-8-20(28)29/h2-7,10-14H,1,8-9H2,(H,28,29)(H,23,24,25). The van der Waals surface area contributed by atoms with Gasteiger partial charge in [-0.2, -0.15) is 0 Å². The van der Waals surface area contributed by atoms with E-state index in [-0.39, 0.29) is 18.7 Å². The van der Waals surface area contributed by atoms with Gasteiger partial charge in [0.25, 0.3) is 0 Å². The summed E-state index contributed by atoms with van der Waals surface area (Å²) < 4.78 is 2.84. The fourth-order valence-corrected chi connectivity index (χ4v) is 3.17. The van der Waals surface area contributed by atoms with Gasteiger partial charge in [-0.05, 0) is 35.9 Å². The van der Waals surface area contributed by atoms with Crippen LogP contribution in [0, 0.1) is 0 Å². The number of nitrogens with zero attached hydrogens (tertiary/aromatic N) is 4. The Morgan fingerprint density at radius 2 is 2.03 bits per heavy atom. The second kappa shape index (κ2) is 8.04. The molecule has 0 aliphatic rings. The van der Waals surface area contributed by atoms with Crippen molar-refractivity contribution in [2.24, 2.45) is 0 Å². The van der Waals surface area contributed by atoms with Gasteiger partial charge in [0.1, 0.15) is 12.1 Å². The summed E-state index contributed by atoms with van der Waals surface area (Å²) in [5, 5.41) is 12.9. The van der Waals surface area contributed by atoms with Gasteiger partial charge in [0.05, 0.1) is 17.6 Å². The molecule has 2 aromatic carbocycles. The topological polar surface area (TPSA) is 102 Å². The minimum Gasteiger partial charge on any atom is -0.481 e. The number of imidazole rings is 1. The van der Waals surface area contributed by atoms with Gasteiger partial charge in [-0.3, -0.25) is 13.9 Å². The molecule has 0 bridgehead atoms. The van der Waals surface area contributed by atoms with Crippen LogP contribution in [-0.4, -0.2) is 30.2 Å². The normalized spacial score (nSPS) is 10.8. The number of carboxylic acids is 1. The number of nitrogens with one attached hydrogen (secondary N) is 1. The van der Waals surface area contributed by atoms with Crippen molar-refractivity contribution in [3.63, 3.8) is 0 Å². The zero-order valence-corrected chi connectivity index (χ0v) is 16.0. The third-order valence-electron chi connectivity index (χ3n) is 4.70. The smallest absolute Gasteiger partial charge is 0.332 e. The minimum absolute atomic E-state index is 0.115. The Hall–Kier alpha value is -4.20. The number of benzene rings is 2. The lowest BCUT2D eigenvalue weighted by atomic mass is 10.2. The van der Waals surface area contributed by atoms with Gasteiger partial charge in [0.15, 0.2) is 0 Å². The molecule has 2 N–H and O–H groups in total. The molecule has 0 atom stereocenters. The molecule has 0 aliphatic carbocycles. The molecule has 0 spiro atoms. The largest absolute Gasteiger partial charge is 0.481 e. The Morgan fingerprint density at radius 3 is 2.83 bits per heavy atom. The Morgan fingerprint density at radius 1 is 1.17 bits per heavy atom. The molecule has 4 rings (SSSR count). The predicted octanol–water partition coefficient (Wildman–Crippen LogP) is 3.44. The van der Waals surface area contributed by atoms with E-state index in [0.717, 1.165) is 22.2 Å². The lowest BCUT2D eigenvalue weighted by molar-refractivity contribution is -0.137. The van der Waals surface area contributed by atoms with Gasteiger partial charge in [0.2, 0.25) is 0 Å². The van der Waals surface area contributed by atoms with Crippen LogP contribution in [0.2, 0.25) is 0 Å². The van der Waals surface area contributed by atoms with Crippen LogP contribution in [-0.2, 0) is 11.3 Å². The first-order valence-corrected chi connectivity index (χ1v) is 9.29. The summed E-state index contributed by atoms with van der Waals surface area (Å²) in [5.74, 6) is -0.338. The first kappa shape index (κ1) is 19.1. The average molecular weight is 401 g/mol. The monoisotopic (exact) mass is 401 g/mol. The molecule has 0 radical (unpaired) electrons. The first-order valence-electron chi connectivity index (χ1n) is 9.29. The van der Waals surface area contributed by atoms with Gasteiger partial charge < -0.3 is 10.4 Å². The molecule has 4 aromatic rings. The lowest BCUT2D eigenvalue weighted by Crippen LogP contribution is -2.23. The van der Waals surface area contributed by atoms with Crippen LogP contribution in [0.4, 0.5) is 11.5 Å². The molecule has 2 aromatic heterocycles. The number of aromatic nitrogens is 4. The van der Waals surface area contributed by atoms with Gasteiger partial charge in [-0.15, -0.1) is 0 Å². The molecule has 150 valence electrons. The highest BCUT2D eigenvalue weighted by atomic mass is 16.4. The van der Waals surface area contributed by atoms with Crippen molar-refractivity contribution in [1.82, 2.24) is 19.1 Å². The quantitative estimate of drug-likeness (QED) is 0.492. The molecule has 0 unspecified atom stereocenters. The molecular weight excluding hydrogens is 382 g/mol. The maximum absolute atomic E-state index is 12.6. The third kappa shape index (κ3) is 3.83. The van der Waals surface area contributed by atoms with Gasteiger partial charge in [-0.1, -0.05) is 24.8 Å². The summed E-state index contributed by atoms with van der Waals surface area (Å²) in [6.45, 7) is 3.90. The van der Waals surface area contributed by atoms with Gasteiger partial charge in [-0.25, -0.2) is 14.8 Å². The average Bonchev–Trinajstić information content (AvgIpc) is 3.12. The molecular formula is C22H19N5O3. The van der Waals surface area contributed by atoms with Crippen LogP contribution in [0.1, 0.15) is 12.0 Å². The van der Waals surface area contributed by atoms with E-state index >= 15 is 0 Å². The second-order valence-corrected chi connectivity index (χ2v) is 6.67. The van der Waals surface area contributed by atoms with E-state index in [2.05, 4.69) is 21.9 Å². The fourth-order valence-electron chi connectivity index (χ4n) is 3.17. The SMILES string of the molecule is C=Cc1cccc(Nc2ncnc3ccc(-n4ccn(CCC(=O)O)c4=O)cc23)c1. The van der Waals surface area contributed by atoms with E-state index in [1.165, 1.54) is 15.5 Å². The molecule has 0 amide bonds. The number of aliphatic carboxylic acids is 1. The number of hydrogen-bond acceptors (Lipinski definition) is 5. The van der Waals surface area contributed by atoms with Crippen molar-refractivity contribution < 1.29 is 9.90 Å². The lowest BCUT2D eigenvalue weighted by Gasteiger charge is -2.10. The summed E-state index contributed by atoms with van der Waals surface area (Å²) in [4.78, 5) is 32.1. The number of rotatable bonds is 7. The molecule has 0 fully saturated rings. The van der Waals surface area contributed by atoms with Crippen LogP contribution in [0.3, 0.4) is 0 Å². The summed E-state index contributed by atoms with van der Waals surface area (Å²) in [6.07, 6.45) is 6.33. The molecule has 0 aliphatic heterocycles. The zero-order chi connectivity index (χ0) is 21.1. The molecule has 2 heterocycles. The summed E-state index contributed by atoms with van der Waals surface area (Å²) >= 11 is 0. The first-order chi connectivity index (χ1) is 14.5. The predicted molar refractivity (Wildman–Crippen MR) is 115 cm³/mol. The van der Waals surface area contributed by atoms with Crippen LogP contribution >= 0.6 is 0 Å². The van der Waals surface area contributed by atoms with Crippen LogP contribution < -0.4 is 11.0 Å². The van der Waals surface area contributed by atoms with Crippen LogP contribution in [0.5, 0.6) is 0 Å². The van der Waals surface area contributed by atoms with Crippen molar-refractivity contribution >= 4 is 34.5 Å². The van der Waals surface area contributed by atoms with E-state index in [4.69, 9.17) is 5.11 Å². The van der Waals surface area contributed by atoms with Gasteiger partial charge >= 0.3 is 11.7 Å². The van der Waals surface area contributed by atoms with Crippen molar-refractivity contribution in [2.45, 2.75) is 13.0 Å². The molecule has 8 heteroatoms. The summed E-state index contributed by atoms with van der Waals surface area (Å²) in [6, 6.07) is 13.2. The Labute approximate surface area is 171 Å². The van der Waals surface area contributed by atoms with Crippen molar-refractivity contribution in [1.29, 1.82) is 0 Å². The number of anilines is 2. The highest BCUT2D eigenvalue weighted by Gasteiger charge is 2.10. The Kier molecular flexibility index (Phi) is 5.13. The van der Waals surface area contributed by atoms with Crippen molar-refractivity contribution in [3.05, 3.63) is 83.8 Å². The highest BCUT2D eigenvalue weighted by Crippen LogP contribution is 2.25. The van der Waals surface area contributed by atoms with Crippen molar-refractivity contribution in [3.8, 4) is 5.69 Å². The molecule has 8 nitrogen and oxygen atoms in total. The van der Waals surface area contributed by atoms with E-state index in [1.807, 2.05) is 36.4 Å². The number of hydrogen-bond donors (Lipinski definition) is 2. The molecule has 30 heavy (non-hydrogen) atoms. The maximum atomic E-state index is 12.6. The zero-order valence-electron chi connectivity index (χ0n) is 16.0.